The van der Waals surface area contributed by atoms with Crippen molar-refractivity contribution in [3.63, 3.8) is 0 Å². The van der Waals surface area contributed by atoms with Gasteiger partial charge in [-0.1, -0.05) is 0 Å². The average molecular weight is 469 g/mol. The van der Waals surface area contributed by atoms with Crippen LogP contribution in [0.2, 0.25) is 10.6 Å². The van der Waals surface area contributed by atoms with Crippen molar-refractivity contribution in [2.24, 2.45) is 0 Å². The normalized spacial score (nSPS) is 11.4. The van der Waals surface area contributed by atoms with Crippen LogP contribution >= 0.6 is 0 Å². The minimum atomic E-state index is -0.468. The van der Waals surface area contributed by atoms with Gasteiger partial charge in [-0.3, -0.25) is 0 Å². The van der Waals surface area contributed by atoms with Gasteiger partial charge in [0.15, 0.2) is 0 Å². The molecule has 0 radical (unpaired) electrons. The van der Waals surface area contributed by atoms with Gasteiger partial charge in [0, 0.05) is 0 Å². The summed E-state index contributed by atoms with van der Waals surface area (Å²) in [5.74, 6) is 0. The number of benzene rings is 2. The number of alkyl carbamates (subject to hydrolysis) is 1. The molecule has 0 unspecified atom stereocenters. The Kier molecular flexibility index (Phi) is 8.05. The van der Waals surface area contributed by atoms with Gasteiger partial charge in [0.1, 0.15) is 0 Å². The van der Waals surface area contributed by atoms with Crippen LogP contribution in [-0.2, 0) is 4.74 Å². The molecule has 0 atom stereocenters. The van der Waals surface area contributed by atoms with Gasteiger partial charge in [-0.05, 0) is 0 Å². The zero-order chi connectivity index (χ0) is 18.1. The summed E-state index contributed by atoms with van der Waals surface area (Å²) in [6.45, 7) is 5.68. The SMILES string of the molecule is CC(C)(C)OC(=O)NC(C[Se]c1ccccc1)C[Se]c1ccccc1. The maximum absolute atomic E-state index is 12.2. The van der Waals surface area contributed by atoms with Gasteiger partial charge in [-0.2, -0.15) is 0 Å². The van der Waals surface area contributed by atoms with Crippen LogP contribution in [0.3, 0.4) is 0 Å². The summed E-state index contributed by atoms with van der Waals surface area (Å²) in [4.78, 5) is 12.2. The molecule has 0 saturated heterocycles. The monoisotopic (exact) mass is 471 g/mol. The van der Waals surface area contributed by atoms with Crippen molar-refractivity contribution in [1.82, 2.24) is 5.32 Å². The van der Waals surface area contributed by atoms with Crippen LogP contribution in [0, 0.1) is 0 Å². The standard InChI is InChI=1S/C20H25NO2Se2/c1-20(2,3)23-19(22)21-16(14-24-17-10-6-4-7-11-17)15-25-18-12-8-5-9-13-18/h4-13,16H,14-15H2,1-3H3,(H,21,22). The number of nitrogens with one attached hydrogen (secondary N) is 1. The van der Waals surface area contributed by atoms with E-state index in [0.717, 1.165) is 10.6 Å². The first-order valence-electron chi connectivity index (χ1n) is 8.27. The molecule has 2 aromatic carbocycles. The molecular weight excluding hydrogens is 444 g/mol. The molecular formula is C20H25NO2Se2. The fourth-order valence-corrected chi connectivity index (χ4v) is 6.75. The average Bonchev–Trinajstić information content (AvgIpc) is 2.57. The quantitative estimate of drug-likeness (QED) is 0.634. The van der Waals surface area contributed by atoms with Gasteiger partial charge in [-0.25, -0.2) is 0 Å². The van der Waals surface area contributed by atoms with Crippen molar-refractivity contribution in [2.75, 3.05) is 0 Å². The van der Waals surface area contributed by atoms with E-state index in [1.165, 1.54) is 8.92 Å². The Morgan fingerprint density at radius 1 is 0.920 bits per heavy atom. The van der Waals surface area contributed by atoms with E-state index in [-0.39, 0.29) is 12.1 Å². The molecule has 0 aromatic heterocycles. The summed E-state index contributed by atoms with van der Waals surface area (Å²) < 4.78 is 8.16. The Labute approximate surface area is 163 Å². The third-order valence-corrected chi connectivity index (χ3v) is 8.04. The Morgan fingerprint density at radius 3 is 1.76 bits per heavy atom. The molecule has 0 aliphatic heterocycles. The summed E-state index contributed by atoms with van der Waals surface area (Å²) in [6, 6.07) is 21.1. The van der Waals surface area contributed by atoms with Gasteiger partial charge in [0.25, 0.3) is 0 Å². The molecule has 2 rings (SSSR count). The van der Waals surface area contributed by atoms with Crippen LogP contribution in [0.25, 0.3) is 0 Å². The molecule has 0 aliphatic rings. The van der Waals surface area contributed by atoms with Crippen molar-refractivity contribution >= 4 is 44.9 Å². The first kappa shape index (κ1) is 20.1. The van der Waals surface area contributed by atoms with Gasteiger partial charge < -0.3 is 0 Å². The first-order chi connectivity index (χ1) is 11.9. The molecule has 1 N–H and O–H groups in total. The molecule has 0 spiro atoms. The van der Waals surface area contributed by atoms with E-state index in [2.05, 4.69) is 53.8 Å². The van der Waals surface area contributed by atoms with Crippen LogP contribution in [0.15, 0.2) is 60.7 Å². The van der Waals surface area contributed by atoms with Crippen LogP contribution in [-0.4, -0.2) is 47.6 Å². The Bertz CT molecular complexity index is 598. The number of carbonyl (C=O) groups excluding carboxylic acids is 1. The molecule has 0 aliphatic carbocycles. The molecule has 2 aromatic rings. The number of ether oxygens (including phenoxy) is 1. The molecule has 0 fully saturated rings. The molecule has 1 amide bonds. The zero-order valence-corrected chi connectivity index (χ0v) is 18.3. The van der Waals surface area contributed by atoms with Crippen LogP contribution in [0.4, 0.5) is 4.79 Å². The van der Waals surface area contributed by atoms with Gasteiger partial charge >= 0.3 is 163 Å². The van der Waals surface area contributed by atoms with Crippen LogP contribution in [0.5, 0.6) is 0 Å². The second-order valence-electron chi connectivity index (χ2n) is 6.59. The third kappa shape index (κ3) is 8.60. The van der Waals surface area contributed by atoms with Crippen molar-refractivity contribution in [3.05, 3.63) is 60.7 Å². The molecule has 0 heterocycles. The molecule has 0 saturated carbocycles. The van der Waals surface area contributed by atoms with E-state index >= 15 is 0 Å². The van der Waals surface area contributed by atoms with E-state index in [4.69, 9.17) is 4.74 Å². The van der Waals surface area contributed by atoms with E-state index < -0.39 is 5.60 Å². The maximum atomic E-state index is 12.2. The number of hydrogen-bond donors (Lipinski definition) is 1. The molecule has 3 nitrogen and oxygen atoms in total. The van der Waals surface area contributed by atoms with E-state index in [9.17, 15) is 4.79 Å². The number of hydrogen-bond acceptors (Lipinski definition) is 2. The van der Waals surface area contributed by atoms with Gasteiger partial charge in [0.2, 0.25) is 0 Å². The number of amides is 1. The second kappa shape index (κ2) is 10.0. The summed E-state index contributed by atoms with van der Waals surface area (Å²) in [5.41, 5.74) is -0.468. The van der Waals surface area contributed by atoms with Gasteiger partial charge in [-0.15, -0.1) is 0 Å². The van der Waals surface area contributed by atoms with Crippen molar-refractivity contribution < 1.29 is 9.53 Å². The fourth-order valence-electron chi connectivity index (χ4n) is 2.03. The summed E-state index contributed by atoms with van der Waals surface area (Å²) in [7, 11) is 0. The number of rotatable bonds is 7. The predicted molar refractivity (Wildman–Crippen MR) is 106 cm³/mol. The third-order valence-electron chi connectivity index (χ3n) is 3.11. The fraction of sp³-hybridized carbons (Fsp3) is 0.350. The van der Waals surface area contributed by atoms with E-state index in [1.807, 2.05) is 32.9 Å². The summed E-state index contributed by atoms with van der Waals surface area (Å²) >= 11 is 0.682. The summed E-state index contributed by atoms with van der Waals surface area (Å²) in [6.07, 6.45) is -0.315. The Hall–Kier alpha value is -1.25. The van der Waals surface area contributed by atoms with Crippen molar-refractivity contribution in [2.45, 2.75) is 43.1 Å². The first-order valence-corrected chi connectivity index (χ1v) is 12.4. The molecule has 134 valence electrons. The Morgan fingerprint density at radius 2 is 1.36 bits per heavy atom. The minimum absolute atomic E-state index is 0.148. The van der Waals surface area contributed by atoms with Crippen molar-refractivity contribution in [1.29, 1.82) is 0 Å². The number of carbonyl (C=O) groups is 1. The topological polar surface area (TPSA) is 38.3 Å². The molecule has 25 heavy (non-hydrogen) atoms. The summed E-state index contributed by atoms with van der Waals surface area (Å²) in [5, 5.41) is 5.04. The van der Waals surface area contributed by atoms with Gasteiger partial charge in [0.05, 0.1) is 0 Å². The zero-order valence-electron chi connectivity index (χ0n) is 14.9. The predicted octanol–water partition coefficient (Wildman–Crippen LogP) is 2.78. The molecule has 0 bridgehead atoms. The van der Waals surface area contributed by atoms with Crippen LogP contribution in [0.1, 0.15) is 20.8 Å². The van der Waals surface area contributed by atoms with Crippen molar-refractivity contribution in [3.8, 4) is 0 Å². The Balaban J connectivity index is 1.93. The van der Waals surface area contributed by atoms with Crippen LogP contribution < -0.4 is 14.2 Å². The second-order valence-corrected chi connectivity index (χ2v) is 11.2. The molecule has 5 heteroatoms. The van der Waals surface area contributed by atoms with E-state index in [0.29, 0.717) is 29.9 Å². The van der Waals surface area contributed by atoms with E-state index in [1.54, 1.807) is 0 Å².